The Morgan fingerprint density at radius 1 is 1.03 bits per heavy atom. The van der Waals surface area contributed by atoms with Crippen LogP contribution in [-0.2, 0) is 45.2 Å². The van der Waals surface area contributed by atoms with Gasteiger partial charge in [-0.15, -0.1) is 0 Å². The number of nitrogens with one attached hydrogen (secondary N) is 2. The van der Waals surface area contributed by atoms with Crippen LogP contribution in [0.3, 0.4) is 0 Å². The van der Waals surface area contributed by atoms with Gasteiger partial charge in [0.15, 0.2) is 0 Å². The van der Waals surface area contributed by atoms with E-state index in [1.807, 2.05) is 24.3 Å². The number of rotatable bonds is 7. The number of carbonyl (C=O) groups excluding carboxylic acids is 4. The van der Waals surface area contributed by atoms with Gasteiger partial charge in [0.2, 0.25) is 17.7 Å². The van der Waals surface area contributed by atoms with Gasteiger partial charge in [-0.05, 0) is 41.2 Å². The largest absolute Gasteiger partial charge is 0.379 e. The molecule has 2 aromatic rings. The fourth-order valence-corrected chi connectivity index (χ4v) is 5.23. The van der Waals surface area contributed by atoms with Gasteiger partial charge in [0.1, 0.15) is 6.04 Å². The Bertz CT molecular complexity index is 1210. The molecule has 3 aliphatic rings. The lowest BCUT2D eigenvalue weighted by Crippen LogP contribution is -2.46. The highest BCUT2D eigenvalue weighted by atomic mass is 16.5. The molecular weight excluding hydrogens is 472 g/mol. The number of amides is 4. The molecule has 2 saturated heterocycles. The number of hydrogen-bond donors (Lipinski definition) is 2. The van der Waals surface area contributed by atoms with Gasteiger partial charge in [-0.25, -0.2) is 0 Å². The molecule has 37 heavy (non-hydrogen) atoms. The van der Waals surface area contributed by atoms with Crippen molar-refractivity contribution in [3.05, 3.63) is 70.3 Å². The Kier molecular flexibility index (Phi) is 7.62. The van der Waals surface area contributed by atoms with Crippen molar-refractivity contribution in [1.29, 1.82) is 0 Å². The van der Waals surface area contributed by atoms with Crippen molar-refractivity contribution < 1.29 is 23.9 Å². The molecular formula is C28H32N4O5. The molecule has 0 aliphatic carbocycles. The van der Waals surface area contributed by atoms with E-state index in [1.54, 1.807) is 11.0 Å². The van der Waals surface area contributed by atoms with Crippen molar-refractivity contribution in [2.24, 2.45) is 0 Å². The summed E-state index contributed by atoms with van der Waals surface area (Å²) in [5.74, 6) is -0.970. The maximum absolute atomic E-state index is 13.0. The summed E-state index contributed by atoms with van der Waals surface area (Å²) in [5.41, 5.74) is 4.44. The van der Waals surface area contributed by atoms with Gasteiger partial charge in [0.05, 0.1) is 19.6 Å². The number of hydrogen-bond acceptors (Lipinski definition) is 6. The second-order valence-corrected chi connectivity index (χ2v) is 9.91. The highest BCUT2D eigenvalue weighted by molar-refractivity contribution is 6.04. The van der Waals surface area contributed by atoms with E-state index in [0.717, 1.165) is 49.5 Å². The SMILES string of the molecule is O=C(Cc1cccc(CN2CCOCC2)c1)NCc1ccc2c(c1)CN(C1CCCC(=O)NC1=O)C2=O. The molecule has 4 amide bonds. The molecule has 2 aromatic carbocycles. The fraction of sp³-hybridized carbons (Fsp3) is 0.429. The fourth-order valence-electron chi connectivity index (χ4n) is 5.23. The third-order valence-electron chi connectivity index (χ3n) is 7.18. The number of imide groups is 1. The van der Waals surface area contributed by atoms with Crippen LogP contribution in [-0.4, -0.2) is 65.8 Å². The lowest BCUT2D eigenvalue weighted by Gasteiger charge is -2.26. The summed E-state index contributed by atoms with van der Waals surface area (Å²) >= 11 is 0. The average molecular weight is 505 g/mol. The molecule has 0 saturated carbocycles. The third-order valence-corrected chi connectivity index (χ3v) is 7.18. The molecule has 1 atom stereocenters. The van der Waals surface area contributed by atoms with Gasteiger partial charge in [0, 0.05) is 44.7 Å². The summed E-state index contributed by atoms with van der Waals surface area (Å²) in [6.45, 7) is 4.87. The van der Waals surface area contributed by atoms with Crippen molar-refractivity contribution in [1.82, 2.24) is 20.4 Å². The Labute approximate surface area is 216 Å². The summed E-state index contributed by atoms with van der Waals surface area (Å²) in [5, 5.41) is 5.36. The van der Waals surface area contributed by atoms with Crippen LogP contribution in [0.15, 0.2) is 42.5 Å². The number of carbonyl (C=O) groups is 4. The van der Waals surface area contributed by atoms with Crippen molar-refractivity contribution >= 4 is 23.6 Å². The van der Waals surface area contributed by atoms with Gasteiger partial charge in [-0.1, -0.05) is 36.4 Å². The predicted octanol–water partition coefficient (Wildman–Crippen LogP) is 1.53. The summed E-state index contributed by atoms with van der Waals surface area (Å²) in [6, 6.07) is 13.0. The van der Waals surface area contributed by atoms with Gasteiger partial charge in [0.25, 0.3) is 5.91 Å². The second-order valence-electron chi connectivity index (χ2n) is 9.91. The van der Waals surface area contributed by atoms with Gasteiger partial charge < -0.3 is 15.0 Å². The summed E-state index contributed by atoms with van der Waals surface area (Å²) < 4.78 is 5.41. The highest BCUT2D eigenvalue weighted by Gasteiger charge is 2.37. The summed E-state index contributed by atoms with van der Waals surface area (Å²) in [6.07, 6.45) is 1.62. The predicted molar refractivity (Wildman–Crippen MR) is 135 cm³/mol. The minimum Gasteiger partial charge on any atom is -0.379 e. The van der Waals surface area contributed by atoms with E-state index in [0.29, 0.717) is 44.3 Å². The first kappa shape index (κ1) is 25.1. The van der Waals surface area contributed by atoms with Crippen LogP contribution >= 0.6 is 0 Å². The zero-order valence-corrected chi connectivity index (χ0v) is 20.8. The maximum atomic E-state index is 13.0. The highest BCUT2D eigenvalue weighted by Crippen LogP contribution is 2.28. The number of nitrogens with zero attached hydrogens (tertiary/aromatic N) is 2. The average Bonchev–Trinajstić information content (AvgIpc) is 3.10. The second kappa shape index (κ2) is 11.2. The molecule has 2 fully saturated rings. The monoisotopic (exact) mass is 504 g/mol. The molecule has 5 rings (SSSR count). The lowest BCUT2D eigenvalue weighted by atomic mass is 10.1. The maximum Gasteiger partial charge on any atom is 0.255 e. The molecule has 2 N–H and O–H groups in total. The topological polar surface area (TPSA) is 108 Å². The molecule has 1 unspecified atom stereocenters. The van der Waals surface area contributed by atoms with E-state index in [-0.39, 0.29) is 17.7 Å². The van der Waals surface area contributed by atoms with Crippen LogP contribution < -0.4 is 10.6 Å². The molecule has 9 heteroatoms. The smallest absolute Gasteiger partial charge is 0.255 e. The third kappa shape index (κ3) is 6.06. The van der Waals surface area contributed by atoms with E-state index < -0.39 is 11.9 Å². The van der Waals surface area contributed by atoms with E-state index in [9.17, 15) is 19.2 Å². The minimum atomic E-state index is -0.645. The number of benzene rings is 2. The van der Waals surface area contributed by atoms with Gasteiger partial charge in [-0.3, -0.25) is 29.4 Å². The molecule has 3 heterocycles. The zero-order valence-electron chi connectivity index (χ0n) is 20.8. The first-order chi connectivity index (χ1) is 18.0. The van der Waals surface area contributed by atoms with Crippen molar-refractivity contribution in [3.63, 3.8) is 0 Å². The van der Waals surface area contributed by atoms with Crippen LogP contribution in [0.1, 0.15) is 51.9 Å². The Balaban J connectivity index is 1.16. The van der Waals surface area contributed by atoms with Crippen molar-refractivity contribution in [3.8, 4) is 0 Å². The Hall–Kier alpha value is -3.56. The molecule has 0 bridgehead atoms. The quantitative estimate of drug-likeness (QED) is 0.554. The number of morpholine rings is 1. The minimum absolute atomic E-state index is 0.0680. The first-order valence-corrected chi connectivity index (χ1v) is 12.9. The molecule has 0 aromatic heterocycles. The van der Waals surface area contributed by atoms with E-state index in [1.165, 1.54) is 5.56 Å². The lowest BCUT2D eigenvalue weighted by molar-refractivity contribution is -0.132. The Morgan fingerprint density at radius 2 is 1.84 bits per heavy atom. The van der Waals surface area contributed by atoms with Crippen LogP contribution in [0.4, 0.5) is 0 Å². The van der Waals surface area contributed by atoms with Crippen LogP contribution in [0.2, 0.25) is 0 Å². The van der Waals surface area contributed by atoms with Gasteiger partial charge in [-0.2, -0.15) is 0 Å². The Morgan fingerprint density at radius 3 is 2.68 bits per heavy atom. The first-order valence-electron chi connectivity index (χ1n) is 12.9. The van der Waals surface area contributed by atoms with E-state index in [4.69, 9.17) is 4.74 Å². The van der Waals surface area contributed by atoms with Crippen molar-refractivity contribution in [2.45, 2.75) is 51.4 Å². The molecule has 0 spiro atoms. The van der Waals surface area contributed by atoms with E-state index >= 15 is 0 Å². The summed E-state index contributed by atoms with van der Waals surface area (Å²) in [4.78, 5) is 53.6. The van der Waals surface area contributed by atoms with Crippen LogP contribution in [0.25, 0.3) is 0 Å². The van der Waals surface area contributed by atoms with Gasteiger partial charge >= 0.3 is 0 Å². The van der Waals surface area contributed by atoms with Crippen molar-refractivity contribution in [2.75, 3.05) is 26.3 Å². The molecule has 3 aliphatic heterocycles. The number of fused-ring (bicyclic) bond motifs is 1. The van der Waals surface area contributed by atoms with Crippen LogP contribution in [0.5, 0.6) is 0 Å². The van der Waals surface area contributed by atoms with E-state index in [2.05, 4.69) is 27.7 Å². The molecule has 9 nitrogen and oxygen atoms in total. The zero-order chi connectivity index (χ0) is 25.8. The summed E-state index contributed by atoms with van der Waals surface area (Å²) in [7, 11) is 0. The normalized spacial score (nSPS) is 20.4. The number of ether oxygens (including phenoxy) is 1. The molecule has 194 valence electrons. The van der Waals surface area contributed by atoms with Crippen LogP contribution in [0, 0.1) is 0 Å². The standard InChI is InChI=1S/C28H32N4O5/c33-25-6-2-5-24(27(35)30-25)32-18-22-14-20(7-8-23(22)28(32)36)16-29-26(34)15-19-3-1-4-21(13-19)17-31-9-11-37-12-10-31/h1,3-4,7-8,13-14,24H,2,5-6,9-12,15-18H2,(H,29,34)(H,30,33,35). The molecule has 0 radical (unpaired) electrons.